The third-order valence-electron chi connectivity index (χ3n) is 4.15. The van der Waals surface area contributed by atoms with Gasteiger partial charge in [0.1, 0.15) is 6.29 Å². The molecule has 0 heterocycles. The van der Waals surface area contributed by atoms with Gasteiger partial charge >= 0.3 is 0 Å². The van der Waals surface area contributed by atoms with Crippen LogP contribution in [0.3, 0.4) is 0 Å². The number of nitrogens with zero attached hydrogens (tertiary/aromatic N) is 1. The minimum Gasteiger partial charge on any atom is -0.392 e. The second kappa shape index (κ2) is 11.0. The first-order valence-corrected chi connectivity index (χ1v) is 8.24. The highest BCUT2D eigenvalue weighted by Crippen LogP contribution is 2.22. The summed E-state index contributed by atoms with van der Waals surface area (Å²) in [5.74, 6) is -0.481. The average molecular weight is 328 g/mol. The zero-order valence-electron chi connectivity index (χ0n) is 14.7. The number of guanidine groups is 1. The summed E-state index contributed by atoms with van der Waals surface area (Å²) in [5.41, 5.74) is 10.7. The Labute approximate surface area is 138 Å². The molecule has 4 atom stereocenters. The van der Waals surface area contributed by atoms with E-state index in [9.17, 15) is 14.7 Å². The van der Waals surface area contributed by atoms with Crippen LogP contribution >= 0.6 is 0 Å². The van der Waals surface area contributed by atoms with Crippen molar-refractivity contribution in [3.8, 4) is 0 Å². The highest BCUT2D eigenvalue weighted by molar-refractivity contribution is 5.75. The summed E-state index contributed by atoms with van der Waals surface area (Å²) in [7, 11) is 0. The molecule has 7 heteroatoms. The lowest BCUT2D eigenvalue weighted by Crippen LogP contribution is -2.43. The van der Waals surface area contributed by atoms with Gasteiger partial charge < -0.3 is 26.7 Å². The summed E-state index contributed by atoms with van der Waals surface area (Å²) in [4.78, 5) is 26.7. The normalized spacial score (nSPS) is 16.3. The molecule has 0 aromatic carbocycles. The first-order valence-electron chi connectivity index (χ1n) is 8.24. The summed E-state index contributed by atoms with van der Waals surface area (Å²) in [5, 5.41) is 13.3. The largest absolute Gasteiger partial charge is 0.392 e. The van der Waals surface area contributed by atoms with Crippen LogP contribution < -0.4 is 16.8 Å². The summed E-state index contributed by atoms with van der Waals surface area (Å²) >= 11 is 0. The molecule has 0 aromatic rings. The summed E-state index contributed by atoms with van der Waals surface area (Å²) in [6.45, 7) is 7.34. The number of amides is 1. The molecular weight excluding hydrogens is 296 g/mol. The first-order chi connectivity index (χ1) is 10.7. The maximum absolute atomic E-state index is 11.4. The topological polar surface area (TPSA) is 131 Å². The van der Waals surface area contributed by atoms with E-state index in [0.29, 0.717) is 12.8 Å². The van der Waals surface area contributed by atoms with Crippen molar-refractivity contribution < 1.29 is 14.7 Å². The van der Waals surface area contributed by atoms with Crippen molar-refractivity contribution in [2.45, 2.75) is 71.6 Å². The van der Waals surface area contributed by atoms with Crippen LogP contribution in [0.25, 0.3) is 0 Å². The molecule has 23 heavy (non-hydrogen) atoms. The Morgan fingerprint density at radius 1 is 1.26 bits per heavy atom. The van der Waals surface area contributed by atoms with Crippen LogP contribution in [-0.4, -0.2) is 41.4 Å². The van der Waals surface area contributed by atoms with E-state index in [4.69, 9.17) is 11.5 Å². The maximum Gasteiger partial charge on any atom is 0.217 e. The van der Waals surface area contributed by atoms with Gasteiger partial charge in [0.25, 0.3) is 0 Å². The van der Waals surface area contributed by atoms with Gasteiger partial charge in [-0.25, -0.2) is 0 Å². The zero-order chi connectivity index (χ0) is 18.0. The zero-order valence-corrected chi connectivity index (χ0v) is 14.7. The molecule has 0 spiro atoms. The number of aliphatic imine (C=N–C) groups is 1. The molecule has 0 aliphatic rings. The van der Waals surface area contributed by atoms with Crippen molar-refractivity contribution in [1.29, 1.82) is 0 Å². The molecule has 6 N–H and O–H groups in total. The number of hydrogen-bond donors (Lipinski definition) is 4. The number of carbonyl (C=O) groups excluding carboxylic acids is 2. The fourth-order valence-electron chi connectivity index (χ4n) is 2.93. The summed E-state index contributed by atoms with van der Waals surface area (Å²) < 4.78 is 0. The van der Waals surface area contributed by atoms with E-state index >= 15 is 0 Å². The van der Waals surface area contributed by atoms with Crippen LogP contribution in [0.4, 0.5) is 0 Å². The van der Waals surface area contributed by atoms with Gasteiger partial charge in [-0.05, 0) is 25.7 Å². The Bertz CT molecular complexity index is 393. The van der Waals surface area contributed by atoms with Gasteiger partial charge in [0.15, 0.2) is 5.96 Å². The number of aldehydes is 1. The molecule has 0 saturated carbocycles. The number of carbonyl (C=O) groups is 2. The van der Waals surface area contributed by atoms with E-state index in [-0.39, 0.29) is 29.9 Å². The summed E-state index contributed by atoms with van der Waals surface area (Å²) in [6, 6.07) is -0.407. The van der Waals surface area contributed by atoms with Crippen LogP contribution in [0.15, 0.2) is 4.99 Å². The number of rotatable bonds is 11. The Morgan fingerprint density at radius 3 is 2.22 bits per heavy atom. The summed E-state index contributed by atoms with van der Waals surface area (Å²) in [6.07, 6.45) is 2.37. The van der Waals surface area contributed by atoms with Crippen molar-refractivity contribution in [3.05, 3.63) is 0 Å². The molecule has 0 bridgehead atoms. The molecule has 0 rings (SSSR count). The Hall–Kier alpha value is -1.63. The highest BCUT2D eigenvalue weighted by Gasteiger charge is 2.28. The van der Waals surface area contributed by atoms with Crippen molar-refractivity contribution in [2.24, 2.45) is 28.3 Å². The van der Waals surface area contributed by atoms with Gasteiger partial charge in [-0.15, -0.1) is 0 Å². The number of hydrogen-bond acceptors (Lipinski definition) is 4. The Morgan fingerprint density at radius 2 is 1.83 bits per heavy atom. The van der Waals surface area contributed by atoms with Gasteiger partial charge in [-0.1, -0.05) is 26.7 Å². The molecule has 0 aliphatic heterocycles. The molecule has 0 radical (unpaired) electrons. The molecule has 1 amide bonds. The number of nitrogens with two attached hydrogens (primary N) is 2. The van der Waals surface area contributed by atoms with Crippen molar-refractivity contribution >= 4 is 18.2 Å². The lowest BCUT2D eigenvalue weighted by Gasteiger charge is -2.30. The standard InChI is InChI=1S/C16H32N4O3/c1-5-12(6-2)14(20-11(4)22)8-15(23)13(9-21)7-10(3)19-16(17)18/h9-10,12-15,23H,5-8H2,1-4H3,(H,20,22)(H4,17,18,19)/t10-,13+,14?,15-/m0/s1. The van der Waals surface area contributed by atoms with E-state index in [2.05, 4.69) is 10.3 Å². The van der Waals surface area contributed by atoms with E-state index in [0.717, 1.165) is 19.1 Å². The molecule has 0 aliphatic carbocycles. The number of aliphatic hydroxyl groups is 1. The highest BCUT2D eigenvalue weighted by atomic mass is 16.3. The van der Waals surface area contributed by atoms with E-state index in [1.165, 1.54) is 6.92 Å². The van der Waals surface area contributed by atoms with Crippen LogP contribution in [0.1, 0.15) is 53.4 Å². The molecule has 0 saturated heterocycles. The van der Waals surface area contributed by atoms with Gasteiger partial charge in [0.05, 0.1) is 12.1 Å². The quantitative estimate of drug-likeness (QED) is 0.250. The van der Waals surface area contributed by atoms with Crippen molar-refractivity contribution in [2.75, 3.05) is 0 Å². The van der Waals surface area contributed by atoms with E-state index in [1.54, 1.807) is 6.92 Å². The van der Waals surface area contributed by atoms with Gasteiger partial charge in [0.2, 0.25) is 5.91 Å². The van der Waals surface area contributed by atoms with Crippen LogP contribution in [0.5, 0.6) is 0 Å². The third kappa shape index (κ3) is 8.54. The Kier molecular flexibility index (Phi) is 10.2. The fourth-order valence-corrected chi connectivity index (χ4v) is 2.93. The van der Waals surface area contributed by atoms with Crippen LogP contribution in [0.2, 0.25) is 0 Å². The smallest absolute Gasteiger partial charge is 0.217 e. The van der Waals surface area contributed by atoms with Crippen LogP contribution in [0, 0.1) is 11.8 Å². The van der Waals surface area contributed by atoms with E-state index in [1.807, 2.05) is 13.8 Å². The van der Waals surface area contributed by atoms with Gasteiger partial charge in [-0.2, -0.15) is 0 Å². The predicted molar refractivity (Wildman–Crippen MR) is 91.7 cm³/mol. The maximum atomic E-state index is 11.4. The van der Waals surface area contributed by atoms with Crippen LogP contribution in [-0.2, 0) is 9.59 Å². The Balaban J connectivity index is 4.90. The SMILES string of the molecule is CCC(CC)C(C[C@H](O)[C@@H](C=O)C[C@H](C)N=C(N)N)NC(C)=O. The van der Waals surface area contributed by atoms with Crippen molar-refractivity contribution in [1.82, 2.24) is 5.32 Å². The minimum absolute atomic E-state index is 0.0372. The third-order valence-corrected chi connectivity index (χ3v) is 4.15. The molecule has 1 unspecified atom stereocenters. The first kappa shape index (κ1) is 21.4. The molecule has 7 nitrogen and oxygen atoms in total. The van der Waals surface area contributed by atoms with Gasteiger partial charge in [0, 0.05) is 18.9 Å². The average Bonchev–Trinajstić information content (AvgIpc) is 2.44. The van der Waals surface area contributed by atoms with E-state index < -0.39 is 12.0 Å². The fraction of sp³-hybridized carbons (Fsp3) is 0.812. The molecule has 134 valence electrons. The predicted octanol–water partition coefficient (Wildman–Crippen LogP) is 0.545. The number of aliphatic hydroxyl groups excluding tert-OH is 1. The second-order valence-electron chi connectivity index (χ2n) is 6.13. The number of nitrogens with one attached hydrogen (secondary N) is 1. The monoisotopic (exact) mass is 328 g/mol. The van der Waals surface area contributed by atoms with Crippen molar-refractivity contribution in [3.63, 3.8) is 0 Å². The molecule has 0 fully saturated rings. The van der Waals surface area contributed by atoms with Gasteiger partial charge in [-0.3, -0.25) is 9.79 Å². The second-order valence-corrected chi connectivity index (χ2v) is 6.13. The lowest BCUT2D eigenvalue weighted by atomic mass is 9.85. The minimum atomic E-state index is -0.846. The molecular formula is C16H32N4O3. The lowest BCUT2D eigenvalue weighted by molar-refractivity contribution is -0.120. The molecule has 0 aromatic heterocycles.